The molecule has 118 valence electrons. The maximum atomic E-state index is 8.67. The smallest absolute Gasteiger partial charge is 0.0751 e. The molecule has 2 heteroatoms. The summed E-state index contributed by atoms with van der Waals surface area (Å²) in [4.78, 5) is 0. The van der Waals surface area contributed by atoms with E-state index in [1.54, 1.807) is 0 Å². The normalized spacial score (nSPS) is 33.3. The number of rotatable bonds is 7. The zero-order valence-corrected chi connectivity index (χ0v) is 13.2. The van der Waals surface area contributed by atoms with Crippen molar-refractivity contribution in [3.63, 3.8) is 0 Å². The molecule has 2 nitrogen and oxygen atoms in total. The second kappa shape index (κ2) is 9.09. The van der Waals surface area contributed by atoms with Crippen LogP contribution in [0.4, 0.5) is 0 Å². The Balaban J connectivity index is 1.78. The van der Waals surface area contributed by atoms with E-state index in [0.29, 0.717) is 6.04 Å². The molecule has 4 unspecified atom stereocenters. The predicted octanol–water partition coefficient (Wildman–Crippen LogP) is 4.90. The number of hydrogen-bond acceptors (Lipinski definition) is 2. The molecule has 0 aromatic heterocycles. The first-order chi connectivity index (χ1) is 10.3. The van der Waals surface area contributed by atoms with Crippen LogP contribution >= 0.6 is 0 Å². The highest BCUT2D eigenvalue weighted by atomic mass is 16.2. The number of nitrogens with one attached hydrogen (secondary N) is 1. The molecule has 0 spiro atoms. The van der Waals surface area contributed by atoms with Gasteiger partial charge in [0.25, 0.3) is 0 Å². The summed E-state index contributed by atoms with van der Waals surface area (Å²) in [6.07, 6.45) is 20.8. The van der Waals surface area contributed by atoms with E-state index in [9.17, 15) is 0 Å². The van der Waals surface area contributed by atoms with Crippen molar-refractivity contribution in [1.29, 1.82) is 0 Å². The highest BCUT2D eigenvalue weighted by Gasteiger charge is 2.36. The number of allylic oxidation sites excluding steroid dienone is 4. The third-order valence-corrected chi connectivity index (χ3v) is 5.25. The first kappa shape index (κ1) is 16.4. The molecule has 2 fully saturated rings. The van der Waals surface area contributed by atoms with Gasteiger partial charge in [-0.15, -0.1) is 0 Å². The summed E-state index contributed by atoms with van der Waals surface area (Å²) in [6, 6.07) is 1.44. The van der Waals surface area contributed by atoms with Crippen LogP contribution in [0.15, 0.2) is 37.1 Å². The van der Waals surface area contributed by atoms with Crippen molar-refractivity contribution in [1.82, 2.24) is 5.32 Å². The van der Waals surface area contributed by atoms with Crippen molar-refractivity contribution in [2.75, 3.05) is 0 Å². The monoisotopic (exact) mass is 289 g/mol. The number of aliphatic hydroxyl groups excluding tert-OH is 1. The lowest BCUT2D eigenvalue weighted by molar-refractivity contribution is 0.113. The Morgan fingerprint density at radius 1 is 1.14 bits per heavy atom. The summed E-state index contributed by atoms with van der Waals surface area (Å²) in [7, 11) is 0. The van der Waals surface area contributed by atoms with Crippen LogP contribution in [0.25, 0.3) is 0 Å². The first-order valence-electron chi connectivity index (χ1n) is 8.68. The summed E-state index contributed by atoms with van der Waals surface area (Å²) in [5.41, 5.74) is 0. The van der Waals surface area contributed by atoms with Gasteiger partial charge in [0, 0.05) is 12.1 Å². The summed E-state index contributed by atoms with van der Waals surface area (Å²) < 4.78 is 0. The van der Waals surface area contributed by atoms with Crippen LogP contribution in [0, 0.1) is 11.8 Å². The summed E-state index contributed by atoms with van der Waals surface area (Å²) >= 11 is 0. The summed E-state index contributed by atoms with van der Waals surface area (Å²) in [5, 5.41) is 12.6. The van der Waals surface area contributed by atoms with Gasteiger partial charge < -0.3 is 10.4 Å². The lowest BCUT2D eigenvalue weighted by atomic mass is 9.69. The van der Waals surface area contributed by atoms with Gasteiger partial charge in [-0.05, 0) is 63.2 Å². The molecule has 2 aliphatic rings. The van der Waals surface area contributed by atoms with Gasteiger partial charge in [-0.3, -0.25) is 0 Å². The number of hydrogen-bond donors (Lipinski definition) is 2. The first-order valence-corrected chi connectivity index (χ1v) is 8.68. The van der Waals surface area contributed by atoms with Gasteiger partial charge in [-0.2, -0.15) is 0 Å². The van der Waals surface area contributed by atoms with E-state index in [1.807, 2.05) is 12.2 Å². The highest BCUT2D eigenvalue weighted by molar-refractivity contribution is 5.00. The molecule has 0 aromatic carbocycles. The Bertz CT molecular complexity index is 361. The molecule has 0 aromatic rings. The van der Waals surface area contributed by atoms with E-state index in [1.165, 1.54) is 57.6 Å². The van der Waals surface area contributed by atoms with Gasteiger partial charge in [0.1, 0.15) is 0 Å². The lowest BCUT2D eigenvalue weighted by Gasteiger charge is -2.45. The molecule has 0 amide bonds. The molecule has 1 saturated carbocycles. The standard InChI is InChI=1S/C19H31NO/c1-2-3-5-9-16-10-8-12-19-18(16)14-13-17(20-19)11-6-4-7-15-21/h2-3,5,7,15-21H,1,4,6,8-14H2. The third kappa shape index (κ3) is 5.03. The van der Waals surface area contributed by atoms with Crippen molar-refractivity contribution < 1.29 is 5.11 Å². The molecular weight excluding hydrogens is 258 g/mol. The average Bonchev–Trinajstić information content (AvgIpc) is 2.52. The molecular formula is C19H31NO. The van der Waals surface area contributed by atoms with Crippen molar-refractivity contribution in [3.05, 3.63) is 37.1 Å². The molecule has 4 atom stereocenters. The second-order valence-electron chi connectivity index (χ2n) is 6.62. The van der Waals surface area contributed by atoms with Crippen LogP contribution in [-0.4, -0.2) is 17.2 Å². The quantitative estimate of drug-likeness (QED) is 0.397. The zero-order chi connectivity index (χ0) is 14.9. The number of piperidine rings is 1. The molecule has 0 radical (unpaired) electrons. The molecule has 1 aliphatic heterocycles. The molecule has 1 saturated heterocycles. The molecule has 2 N–H and O–H groups in total. The van der Waals surface area contributed by atoms with Crippen molar-refractivity contribution >= 4 is 0 Å². The average molecular weight is 289 g/mol. The molecule has 2 rings (SSSR count). The van der Waals surface area contributed by atoms with Gasteiger partial charge in [-0.25, -0.2) is 0 Å². The fourth-order valence-electron chi connectivity index (χ4n) is 4.21. The third-order valence-electron chi connectivity index (χ3n) is 5.25. The number of fused-ring (bicyclic) bond motifs is 1. The Morgan fingerprint density at radius 2 is 2.05 bits per heavy atom. The minimum Gasteiger partial charge on any atom is -0.516 e. The topological polar surface area (TPSA) is 32.3 Å². The Labute approximate surface area is 130 Å². The van der Waals surface area contributed by atoms with Gasteiger partial charge in [-0.1, -0.05) is 37.3 Å². The Morgan fingerprint density at radius 3 is 2.86 bits per heavy atom. The Kier molecular flexibility index (Phi) is 7.08. The fourth-order valence-corrected chi connectivity index (χ4v) is 4.21. The summed E-state index contributed by atoms with van der Waals surface area (Å²) in [5.74, 6) is 1.74. The lowest BCUT2D eigenvalue weighted by Crippen LogP contribution is -2.51. The van der Waals surface area contributed by atoms with Crippen molar-refractivity contribution in [2.45, 2.75) is 69.9 Å². The highest BCUT2D eigenvalue weighted by Crippen LogP contribution is 2.39. The van der Waals surface area contributed by atoms with Crippen LogP contribution in [0.1, 0.15) is 57.8 Å². The predicted molar refractivity (Wildman–Crippen MR) is 90.4 cm³/mol. The van der Waals surface area contributed by atoms with Gasteiger partial charge >= 0.3 is 0 Å². The van der Waals surface area contributed by atoms with Gasteiger partial charge in [0.15, 0.2) is 0 Å². The van der Waals surface area contributed by atoms with E-state index in [-0.39, 0.29) is 0 Å². The fraction of sp³-hybridized carbons (Fsp3) is 0.684. The zero-order valence-electron chi connectivity index (χ0n) is 13.2. The van der Waals surface area contributed by atoms with Crippen LogP contribution < -0.4 is 5.32 Å². The minimum atomic E-state index is 0.695. The van der Waals surface area contributed by atoms with Crippen LogP contribution in [0.3, 0.4) is 0 Å². The van der Waals surface area contributed by atoms with E-state index in [4.69, 9.17) is 5.11 Å². The summed E-state index contributed by atoms with van der Waals surface area (Å²) in [6.45, 7) is 3.76. The largest absolute Gasteiger partial charge is 0.516 e. The molecule has 1 heterocycles. The SMILES string of the molecule is C=CC=CCC1CCCC2NC(CCCC=CO)CCC12. The van der Waals surface area contributed by atoms with Gasteiger partial charge in [0.2, 0.25) is 0 Å². The second-order valence-corrected chi connectivity index (χ2v) is 6.62. The van der Waals surface area contributed by atoms with Crippen LogP contribution in [0.2, 0.25) is 0 Å². The van der Waals surface area contributed by atoms with Crippen molar-refractivity contribution in [2.24, 2.45) is 11.8 Å². The van der Waals surface area contributed by atoms with Crippen LogP contribution in [0.5, 0.6) is 0 Å². The van der Waals surface area contributed by atoms with E-state index in [2.05, 4.69) is 24.0 Å². The Hall–Kier alpha value is -1.02. The van der Waals surface area contributed by atoms with Crippen LogP contribution in [-0.2, 0) is 0 Å². The number of unbranched alkanes of at least 4 members (excludes halogenated alkanes) is 1. The van der Waals surface area contributed by atoms with E-state index in [0.717, 1.165) is 24.3 Å². The number of aliphatic hydroxyl groups is 1. The maximum Gasteiger partial charge on any atom is 0.0751 e. The molecule has 21 heavy (non-hydrogen) atoms. The van der Waals surface area contributed by atoms with Gasteiger partial charge in [0.05, 0.1) is 6.26 Å². The molecule has 1 aliphatic carbocycles. The van der Waals surface area contributed by atoms with E-state index < -0.39 is 0 Å². The van der Waals surface area contributed by atoms with Crippen molar-refractivity contribution in [3.8, 4) is 0 Å². The maximum absolute atomic E-state index is 8.67. The minimum absolute atomic E-state index is 0.695. The molecule has 0 bridgehead atoms. The van der Waals surface area contributed by atoms with E-state index >= 15 is 0 Å².